The van der Waals surface area contributed by atoms with E-state index in [1.807, 2.05) is 0 Å². The molecule has 0 aliphatic carbocycles. The Morgan fingerprint density at radius 2 is 1.88 bits per heavy atom. The van der Waals surface area contributed by atoms with Crippen LogP contribution in [-0.4, -0.2) is 37.0 Å². The molecule has 3 heterocycles. The van der Waals surface area contributed by atoms with Gasteiger partial charge < -0.3 is 18.8 Å². The zero-order valence-corrected chi connectivity index (χ0v) is 20.7. The topological polar surface area (TPSA) is 45.0 Å². The Labute approximate surface area is 198 Å². The lowest BCUT2D eigenvalue weighted by molar-refractivity contribution is 0.117. The summed E-state index contributed by atoms with van der Waals surface area (Å²) in [6, 6.07) is 8.76. The van der Waals surface area contributed by atoms with Crippen molar-refractivity contribution in [2.45, 2.75) is 84.8 Å². The van der Waals surface area contributed by atoms with Crippen molar-refractivity contribution in [2.75, 3.05) is 26.4 Å². The molecule has 180 valence electrons. The fourth-order valence-corrected chi connectivity index (χ4v) is 4.79. The summed E-state index contributed by atoms with van der Waals surface area (Å²) in [5.74, 6) is 1.96. The van der Waals surface area contributed by atoms with Gasteiger partial charge in [-0.15, -0.1) is 0 Å². The van der Waals surface area contributed by atoms with Crippen molar-refractivity contribution in [3.05, 3.63) is 40.9 Å². The van der Waals surface area contributed by atoms with Gasteiger partial charge in [-0.3, -0.25) is 4.99 Å². The summed E-state index contributed by atoms with van der Waals surface area (Å²) < 4.78 is 20.6. The van der Waals surface area contributed by atoms with E-state index in [4.69, 9.17) is 19.2 Å². The molecule has 1 fully saturated rings. The Bertz CT molecular complexity index is 989. The molecule has 1 atom stereocenters. The van der Waals surface area contributed by atoms with Crippen LogP contribution in [0.15, 0.2) is 29.3 Å². The van der Waals surface area contributed by atoms with Crippen LogP contribution in [-0.2, 0) is 24.1 Å². The lowest BCUT2D eigenvalue weighted by Crippen LogP contribution is -2.30. The van der Waals surface area contributed by atoms with E-state index in [0.717, 1.165) is 101 Å². The van der Waals surface area contributed by atoms with Crippen LogP contribution in [0.4, 0.5) is 0 Å². The minimum atomic E-state index is 0.246. The van der Waals surface area contributed by atoms with Crippen molar-refractivity contribution in [2.24, 2.45) is 4.99 Å². The maximum Gasteiger partial charge on any atom is 0.131 e. The smallest absolute Gasteiger partial charge is 0.131 e. The number of aromatic nitrogens is 1. The van der Waals surface area contributed by atoms with Crippen LogP contribution in [0.3, 0.4) is 0 Å². The van der Waals surface area contributed by atoms with Crippen LogP contribution in [0.1, 0.15) is 70.4 Å². The molecular weight excluding hydrogens is 412 g/mol. The SMILES string of the molecule is CCCCOc1ccc2c(c1)CCn1c-2c(CC)c(OCCCC)c/c1=N\CC1CCCO1. The highest BCUT2D eigenvalue weighted by Gasteiger charge is 2.23. The molecule has 33 heavy (non-hydrogen) atoms. The summed E-state index contributed by atoms with van der Waals surface area (Å²) in [4.78, 5) is 5.04. The molecule has 0 amide bonds. The molecule has 4 rings (SSSR count). The average molecular weight is 453 g/mol. The van der Waals surface area contributed by atoms with Crippen molar-refractivity contribution in [1.29, 1.82) is 0 Å². The number of fused-ring (bicyclic) bond motifs is 3. The number of unbranched alkanes of at least 4 members (excludes halogenated alkanes) is 2. The van der Waals surface area contributed by atoms with Crippen molar-refractivity contribution >= 4 is 0 Å². The maximum absolute atomic E-state index is 6.32. The molecule has 0 spiro atoms. The molecule has 0 N–H and O–H groups in total. The largest absolute Gasteiger partial charge is 0.494 e. The van der Waals surface area contributed by atoms with Crippen LogP contribution in [0.25, 0.3) is 11.3 Å². The van der Waals surface area contributed by atoms with E-state index >= 15 is 0 Å². The third kappa shape index (κ3) is 5.63. The first kappa shape index (κ1) is 23.9. The van der Waals surface area contributed by atoms with Gasteiger partial charge in [-0.1, -0.05) is 33.6 Å². The Kier molecular flexibility index (Phi) is 8.49. The van der Waals surface area contributed by atoms with Crippen molar-refractivity contribution in [3.63, 3.8) is 0 Å². The summed E-state index contributed by atoms with van der Waals surface area (Å²) in [5, 5.41) is 0. The second kappa shape index (κ2) is 11.7. The van der Waals surface area contributed by atoms with Gasteiger partial charge in [-0.2, -0.15) is 0 Å². The molecule has 1 aromatic heterocycles. The van der Waals surface area contributed by atoms with E-state index in [-0.39, 0.29) is 6.10 Å². The molecular formula is C28H40N2O3. The van der Waals surface area contributed by atoms with Crippen molar-refractivity contribution < 1.29 is 14.2 Å². The summed E-state index contributed by atoms with van der Waals surface area (Å²) in [5.41, 5.74) is 6.20. The quantitative estimate of drug-likeness (QED) is 0.410. The summed E-state index contributed by atoms with van der Waals surface area (Å²) >= 11 is 0. The first-order valence-corrected chi connectivity index (χ1v) is 13.0. The first-order chi connectivity index (χ1) is 16.2. The minimum absolute atomic E-state index is 0.246. The number of benzene rings is 1. The monoisotopic (exact) mass is 452 g/mol. The molecule has 1 aromatic carbocycles. The third-order valence-corrected chi connectivity index (χ3v) is 6.68. The Morgan fingerprint density at radius 1 is 1.06 bits per heavy atom. The fourth-order valence-electron chi connectivity index (χ4n) is 4.79. The first-order valence-electron chi connectivity index (χ1n) is 13.0. The Morgan fingerprint density at radius 3 is 2.61 bits per heavy atom. The van der Waals surface area contributed by atoms with Crippen molar-refractivity contribution in [3.8, 4) is 22.8 Å². The normalized spacial score (nSPS) is 17.7. The lowest BCUT2D eigenvalue weighted by Gasteiger charge is -2.27. The van der Waals surface area contributed by atoms with E-state index in [1.54, 1.807) is 0 Å². The highest BCUT2D eigenvalue weighted by atomic mass is 16.5. The van der Waals surface area contributed by atoms with Gasteiger partial charge in [0.2, 0.25) is 0 Å². The molecule has 5 heteroatoms. The summed E-state index contributed by atoms with van der Waals surface area (Å²) in [6.07, 6.45) is 8.82. The number of hydrogen-bond acceptors (Lipinski definition) is 4. The van der Waals surface area contributed by atoms with Gasteiger partial charge in [0.15, 0.2) is 0 Å². The van der Waals surface area contributed by atoms with E-state index < -0.39 is 0 Å². The van der Waals surface area contributed by atoms with Crippen LogP contribution >= 0.6 is 0 Å². The van der Waals surface area contributed by atoms with E-state index in [0.29, 0.717) is 0 Å². The standard InChI is InChI=1S/C28H40N2O3/c1-4-7-15-31-22-11-12-25-21(18-22)13-14-30-27(29-20-23-10-9-17-32-23)19-26(33-16-8-5-2)24(6-3)28(25)30/h11-12,18-19,23H,4-10,13-17,20H2,1-3H3/b29-27+. The Balaban J connectivity index is 1.75. The van der Waals surface area contributed by atoms with Crippen LogP contribution in [0.5, 0.6) is 11.5 Å². The van der Waals surface area contributed by atoms with Crippen LogP contribution in [0.2, 0.25) is 0 Å². The van der Waals surface area contributed by atoms with E-state index in [9.17, 15) is 0 Å². The third-order valence-electron chi connectivity index (χ3n) is 6.68. The van der Waals surface area contributed by atoms with Gasteiger partial charge in [0.1, 0.15) is 17.0 Å². The zero-order valence-electron chi connectivity index (χ0n) is 20.7. The molecule has 0 saturated carbocycles. The molecule has 2 aliphatic heterocycles. The second-order valence-corrected chi connectivity index (χ2v) is 9.15. The van der Waals surface area contributed by atoms with Gasteiger partial charge in [0, 0.05) is 30.3 Å². The predicted molar refractivity (Wildman–Crippen MR) is 133 cm³/mol. The number of nitrogens with zero attached hydrogens (tertiary/aromatic N) is 2. The second-order valence-electron chi connectivity index (χ2n) is 9.15. The van der Waals surface area contributed by atoms with Gasteiger partial charge >= 0.3 is 0 Å². The lowest BCUT2D eigenvalue weighted by atomic mass is 9.93. The van der Waals surface area contributed by atoms with Gasteiger partial charge in [0.25, 0.3) is 0 Å². The molecule has 0 bridgehead atoms. The highest BCUT2D eigenvalue weighted by Crippen LogP contribution is 2.37. The summed E-state index contributed by atoms with van der Waals surface area (Å²) in [7, 11) is 0. The van der Waals surface area contributed by atoms with Gasteiger partial charge in [-0.25, -0.2) is 0 Å². The molecule has 1 unspecified atom stereocenters. The van der Waals surface area contributed by atoms with E-state index in [1.165, 1.54) is 22.4 Å². The van der Waals surface area contributed by atoms with Crippen LogP contribution < -0.4 is 15.0 Å². The molecule has 2 aliphatic rings. The van der Waals surface area contributed by atoms with Gasteiger partial charge in [-0.05, 0) is 62.3 Å². The average Bonchev–Trinajstić information content (AvgIpc) is 3.36. The Hall–Kier alpha value is -2.27. The molecule has 2 aromatic rings. The van der Waals surface area contributed by atoms with Gasteiger partial charge in [0.05, 0.1) is 31.6 Å². The number of rotatable bonds is 11. The highest BCUT2D eigenvalue weighted by molar-refractivity contribution is 5.72. The fraction of sp³-hybridized carbons (Fsp3) is 0.607. The minimum Gasteiger partial charge on any atom is -0.494 e. The number of pyridine rings is 1. The van der Waals surface area contributed by atoms with Crippen molar-refractivity contribution in [1.82, 2.24) is 4.57 Å². The maximum atomic E-state index is 6.32. The number of hydrogen-bond donors (Lipinski definition) is 0. The van der Waals surface area contributed by atoms with Crippen LogP contribution in [0, 0.1) is 0 Å². The summed E-state index contributed by atoms with van der Waals surface area (Å²) in [6.45, 7) is 10.6. The zero-order chi connectivity index (χ0) is 23.0. The molecule has 1 saturated heterocycles. The number of ether oxygens (including phenoxy) is 3. The molecule has 5 nitrogen and oxygen atoms in total. The molecule has 0 radical (unpaired) electrons. The van der Waals surface area contributed by atoms with E-state index in [2.05, 4.69) is 49.6 Å². The predicted octanol–water partition coefficient (Wildman–Crippen LogP) is 5.71. The number of aryl methyl sites for hydroxylation is 1.